The van der Waals surface area contributed by atoms with E-state index in [0.29, 0.717) is 5.03 Å². The quantitative estimate of drug-likeness (QED) is 0.389. The Morgan fingerprint density at radius 3 is 2.80 bits per heavy atom. The summed E-state index contributed by atoms with van der Waals surface area (Å²) in [6.07, 6.45) is 0. The first-order valence-corrected chi connectivity index (χ1v) is 5.31. The van der Waals surface area contributed by atoms with Gasteiger partial charge in [-0.25, -0.2) is 4.79 Å². The molecule has 1 aliphatic heterocycles. The van der Waals surface area contributed by atoms with Crippen molar-refractivity contribution in [2.45, 2.75) is 6.92 Å². The predicted octanol–water partition coefficient (Wildman–Crippen LogP) is 0.490. The van der Waals surface area contributed by atoms with Gasteiger partial charge in [0.15, 0.2) is 5.57 Å². The lowest BCUT2D eigenvalue weighted by Crippen LogP contribution is -2.21. The summed E-state index contributed by atoms with van der Waals surface area (Å²) in [5.74, 6) is -0.535. The van der Waals surface area contributed by atoms with Gasteiger partial charge in [-0.15, -0.1) is 0 Å². The fraction of sp³-hybridized carbons (Fsp3) is 0.444. The number of thioether (sulfide) groups is 1. The Kier molecular flexibility index (Phi) is 3.74. The summed E-state index contributed by atoms with van der Waals surface area (Å²) in [5.41, 5.74) is -0.102. The minimum Gasteiger partial charge on any atom is -0.462 e. The van der Waals surface area contributed by atoms with Gasteiger partial charge in [0.2, 0.25) is 5.91 Å². The number of nitrogens with zero attached hydrogens (tertiary/aromatic N) is 2. The van der Waals surface area contributed by atoms with Gasteiger partial charge < -0.3 is 9.64 Å². The van der Waals surface area contributed by atoms with Gasteiger partial charge in [0.05, 0.1) is 12.4 Å². The van der Waals surface area contributed by atoms with Crippen molar-refractivity contribution in [1.82, 2.24) is 4.90 Å². The molecule has 5 nitrogen and oxygen atoms in total. The third-order valence-corrected chi connectivity index (χ3v) is 2.96. The van der Waals surface area contributed by atoms with E-state index in [1.54, 1.807) is 13.0 Å². The molecule has 0 atom stereocenters. The van der Waals surface area contributed by atoms with Crippen molar-refractivity contribution in [1.29, 1.82) is 5.26 Å². The van der Waals surface area contributed by atoms with Gasteiger partial charge in [0, 0.05) is 7.05 Å². The maximum absolute atomic E-state index is 11.4. The van der Waals surface area contributed by atoms with Crippen LogP contribution in [0.4, 0.5) is 0 Å². The summed E-state index contributed by atoms with van der Waals surface area (Å²) in [4.78, 5) is 23.9. The highest BCUT2D eigenvalue weighted by Gasteiger charge is 2.29. The van der Waals surface area contributed by atoms with E-state index >= 15 is 0 Å². The number of ether oxygens (including phenoxy) is 1. The van der Waals surface area contributed by atoms with Gasteiger partial charge in [-0.05, 0) is 6.92 Å². The predicted molar refractivity (Wildman–Crippen MR) is 54.5 cm³/mol. The lowest BCUT2D eigenvalue weighted by molar-refractivity contribution is -0.138. The highest BCUT2D eigenvalue weighted by atomic mass is 32.2. The number of amides is 1. The van der Waals surface area contributed by atoms with Gasteiger partial charge in [-0.1, -0.05) is 11.8 Å². The Morgan fingerprint density at radius 1 is 1.73 bits per heavy atom. The van der Waals surface area contributed by atoms with Gasteiger partial charge in [-0.2, -0.15) is 5.26 Å². The van der Waals surface area contributed by atoms with Crippen molar-refractivity contribution in [2.75, 3.05) is 19.4 Å². The van der Waals surface area contributed by atoms with Gasteiger partial charge in [0.1, 0.15) is 11.1 Å². The Bertz CT molecular complexity index is 370. The zero-order valence-electron chi connectivity index (χ0n) is 8.44. The molecule has 1 amide bonds. The fourth-order valence-corrected chi connectivity index (χ4v) is 2.08. The van der Waals surface area contributed by atoms with Crippen LogP contribution in [0.5, 0.6) is 0 Å². The topological polar surface area (TPSA) is 70.4 Å². The largest absolute Gasteiger partial charge is 0.462 e. The molecule has 1 fully saturated rings. The molecule has 1 saturated heterocycles. The standard InChI is InChI=1S/C9H10N2O3S/c1-3-14-9(13)6(4-10)8-11(2)7(12)5-15-8/h3,5H2,1-2H3/b8-6-. The van der Waals surface area contributed by atoms with Crippen LogP contribution in [0.15, 0.2) is 10.6 Å². The third kappa shape index (κ3) is 2.30. The second-order valence-corrected chi connectivity index (χ2v) is 3.72. The summed E-state index contributed by atoms with van der Waals surface area (Å²) in [6.45, 7) is 1.87. The molecular weight excluding hydrogens is 216 g/mol. The van der Waals surface area contributed by atoms with Crippen LogP contribution in [0, 0.1) is 11.3 Å². The molecule has 1 aliphatic rings. The van der Waals surface area contributed by atoms with E-state index in [0.717, 1.165) is 0 Å². The summed E-state index contributed by atoms with van der Waals surface area (Å²) in [6, 6.07) is 1.77. The second kappa shape index (κ2) is 4.84. The smallest absolute Gasteiger partial charge is 0.351 e. The number of carbonyl (C=O) groups excluding carboxylic acids is 2. The van der Waals surface area contributed by atoms with Crippen LogP contribution in [-0.4, -0.2) is 36.2 Å². The van der Waals surface area contributed by atoms with Crippen LogP contribution in [0.1, 0.15) is 6.92 Å². The van der Waals surface area contributed by atoms with Crippen LogP contribution >= 0.6 is 11.8 Å². The van der Waals surface area contributed by atoms with E-state index in [4.69, 9.17) is 10.00 Å². The minimum atomic E-state index is -0.677. The van der Waals surface area contributed by atoms with Crippen LogP contribution in [-0.2, 0) is 14.3 Å². The average Bonchev–Trinajstić information content (AvgIpc) is 2.51. The Balaban J connectivity index is 3.00. The van der Waals surface area contributed by atoms with Crippen molar-refractivity contribution in [2.24, 2.45) is 0 Å². The maximum atomic E-state index is 11.4. The summed E-state index contributed by atoms with van der Waals surface area (Å²) in [7, 11) is 1.54. The number of hydrogen-bond acceptors (Lipinski definition) is 5. The van der Waals surface area contributed by atoms with Crippen LogP contribution in [0.2, 0.25) is 0 Å². The molecule has 0 radical (unpaired) electrons. The highest BCUT2D eigenvalue weighted by molar-refractivity contribution is 8.04. The van der Waals surface area contributed by atoms with Crippen molar-refractivity contribution in [3.8, 4) is 6.07 Å². The van der Waals surface area contributed by atoms with E-state index in [1.807, 2.05) is 0 Å². The van der Waals surface area contributed by atoms with E-state index < -0.39 is 5.97 Å². The molecule has 0 spiro atoms. The number of carbonyl (C=O) groups is 2. The molecule has 0 aliphatic carbocycles. The SMILES string of the molecule is CCOC(=O)/C(C#N)=C1\SCC(=O)N1C. The first kappa shape index (κ1) is 11.6. The van der Waals surface area contributed by atoms with Gasteiger partial charge >= 0.3 is 5.97 Å². The molecule has 80 valence electrons. The first-order chi connectivity index (χ1) is 7.11. The van der Waals surface area contributed by atoms with Gasteiger partial charge in [0.25, 0.3) is 0 Å². The zero-order valence-corrected chi connectivity index (χ0v) is 9.26. The normalized spacial score (nSPS) is 18.7. The van der Waals surface area contributed by atoms with E-state index in [2.05, 4.69) is 0 Å². The van der Waals surface area contributed by atoms with Gasteiger partial charge in [-0.3, -0.25) is 4.79 Å². The van der Waals surface area contributed by atoms with Crippen LogP contribution in [0.3, 0.4) is 0 Å². The lowest BCUT2D eigenvalue weighted by Gasteiger charge is -2.10. The molecule has 1 heterocycles. The lowest BCUT2D eigenvalue weighted by atomic mass is 10.3. The zero-order chi connectivity index (χ0) is 11.4. The Morgan fingerprint density at radius 2 is 2.40 bits per heavy atom. The molecule has 0 aromatic carbocycles. The van der Waals surface area contributed by atoms with Crippen LogP contribution < -0.4 is 0 Å². The summed E-state index contributed by atoms with van der Waals surface area (Å²) < 4.78 is 4.72. The molecule has 0 aromatic heterocycles. The fourth-order valence-electron chi connectivity index (χ4n) is 1.06. The van der Waals surface area contributed by atoms with Crippen molar-refractivity contribution in [3.63, 3.8) is 0 Å². The molecule has 0 aromatic rings. The monoisotopic (exact) mass is 226 g/mol. The third-order valence-electron chi connectivity index (χ3n) is 1.82. The molecule has 6 heteroatoms. The Hall–Kier alpha value is -1.48. The molecule has 1 rings (SSSR count). The van der Waals surface area contributed by atoms with Crippen molar-refractivity contribution >= 4 is 23.6 Å². The van der Waals surface area contributed by atoms with E-state index in [1.165, 1.54) is 23.7 Å². The first-order valence-electron chi connectivity index (χ1n) is 4.32. The van der Waals surface area contributed by atoms with Crippen molar-refractivity contribution < 1.29 is 14.3 Å². The molecule has 15 heavy (non-hydrogen) atoms. The number of nitriles is 1. The second-order valence-electron chi connectivity index (χ2n) is 2.75. The van der Waals surface area contributed by atoms with E-state index in [-0.39, 0.29) is 23.8 Å². The average molecular weight is 226 g/mol. The molecule has 0 N–H and O–H groups in total. The minimum absolute atomic E-state index is 0.102. The van der Waals surface area contributed by atoms with Crippen molar-refractivity contribution in [3.05, 3.63) is 10.6 Å². The molecule has 0 unspecified atom stereocenters. The summed E-state index contributed by atoms with van der Waals surface area (Å²) >= 11 is 1.18. The molecule has 0 bridgehead atoms. The maximum Gasteiger partial charge on any atom is 0.351 e. The number of hydrogen-bond donors (Lipinski definition) is 0. The Labute approximate surface area is 91.7 Å². The molecule has 0 saturated carbocycles. The molecular formula is C9H10N2O3S. The number of rotatable bonds is 2. The summed E-state index contributed by atoms with van der Waals surface area (Å²) in [5, 5.41) is 9.20. The number of esters is 1. The van der Waals surface area contributed by atoms with E-state index in [9.17, 15) is 9.59 Å². The highest BCUT2D eigenvalue weighted by Crippen LogP contribution is 2.30. The van der Waals surface area contributed by atoms with Crippen LogP contribution in [0.25, 0.3) is 0 Å².